The lowest BCUT2D eigenvalue weighted by Gasteiger charge is -2.35. The first-order valence-corrected chi connectivity index (χ1v) is 8.34. The summed E-state index contributed by atoms with van der Waals surface area (Å²) in [5, 5.41) is -5.72. The van der Waals surface area contributed by atoms with Crippen molar-refractivity contribution in [2.24, 2.45) is 10.8 Å². The summed E-state index contributed by atoms with van der Waals surface area (Å²) in [6.07, 6.45) is -10.2. The maximum atomic E-state index is 13.4. The molecule has 11 heteroatoms. The molecule has 0 saturated heterocycles. The van der Waals surface area contributed by atoms with Crippen molar-refractivity contribution in [3.05, 3.63) is 0 Å². The highest BCUT2D eigenvalue weighted by atomic mass is 32.2. The molecule has 0 saturated carbocycles. The van der Waals surface area contributed by atoms with Crippen LogP contribution in [0.1, 0.15) is 47.5 Å². The molecule has 2 unspecified atom stereocenters. The van der Waals surface area contributed by atoms with Gasteiger partial charge in [0, 0.05) is 0 Å². The number of ether oxygens (including phenoxy) is 1. The normalized spacial score (nSPS) is 18.0. The minimum Gasteiger partial charge on any atom is -0.444 e. The molecule has 0 heterocycles. The Labute approximate surface area is 137 Å². The van der Waals surface area contributed by atoms with Gasteiger partial charge in [-0.1, -0.05) is 27.7 Å². The number of hydrogen-bond acceptors (Lipinski definition) is 4. The Balaban J connectivity index is 5.81. The van der Waals surface area contributed by atoms with Crippen LogP contribution in [0, 0.1) is 10.8 Å². The van der Waals surface area contributed by atoms with Crippen LogP contribution in [0.25, 0.3) is 0 Å². The molecule has 2 atom stereocenters. The molecular formula is C13H21F5O5S. The van der Waals surface area contributed by atoms with Gasteiger partial charge in [-0.15, -0.1) is 0 Å². The third-order valence-corrected chi connectivity index (χ3v) is 4.27. The number of carbonyl (C=O) groups is 1. The molecule has 0 aliphatic carbocycles. The van der Waals surface area contributed by atoms with E-state index in [9.17, 15) is 35.2 Å². The predicted molar refractivity (Wildman–Crippen MR) is 74.9 cm³/mol. The van der Waals surface area contributed by atoms with E-state index >= 15 is 0 Å². The van der Waals surface area contributed by atoms with Gasteiger partial charge in [-0.2, -0.15) is 30.4 Å². The SMILES string of the molecule is CCC(C)(CC(C)(C)C)C(=O)OC(C(F)(F)F)C(F)(F)S(=O)(=O)O. The first-order valence-electron chi connectivity index (χ1n) is 6.90. The van der Waals surface area contributed by atoms with Crippen LogP contribution in [0.2, 0.25) is 0 Å². The Hall–Kier alpha value is -0.970. The number of hydrogen-bond donors (Lipinski definition) is 1. The number of alkyl halides is 5. The number of rotatable bonds is 6. The molecule has 0 bridgehead atoms. The summed E-state index contributed by atoms with van der Waals surface area (Å²) in [4.78, 5) is 12.1. The summed E-state index contributed by atoms with van der Waals surface area (Å²) in [6.45, 7) is 7.74. The molecule has 0 spiro atoms. The fourth-order valence-corrected chi connectivity index (χ4v) is 2.67. The average Bonchev–Trinajstić information content (AvgIpc) is 2.30. The Morgan fingerprint density at radius 2 is 1.50 bits per heavy atom. The van der Waals surface area contributed by atoms with E-state index in [4.69, 9.17) is 4.55 Å². The minimum atomic E-state index is -6.45. The second kappa shape index (κ2) is 6.74. The second-order valence-corrected chi connectivity index (χ2v) is 8.51. The molecule has 1 N–H and O–H groups in total. The van der Waals surface area contributed by atoms with Gasteiger partial charge >= 0.3 is 27.5 Å². The summed E-state index contributed by atoms with van der Waals surface area (Å²) < 4.78 is 98.7. The van der Waals surface area contributed by atoms with Crippen molar-refractivity contribution in [1.82, 2.24) is 0 Å². The molecule has 24 heavy (non-hydrogen) atoms. The smallest absolute Gasteiger partial charge is 0.432 e. The van der Waals surface area contributed by atoms with Gasteiger partial charge < -0.3 is 4.74 Å². The topological polar surface area (TPSA) is 80.7 Å². The van der Waals surface area contributed by atoms with Gasteiger partial charge in [0.25, 0.3) is 6.10 Å². The zero-order valence-electron chi connectivity index (χ0n) is 13.9. The fraction of sp³-hybridized carbons (Fsp3) is 0.923. The van der Waals surface area contributed by atoms with E-state index in [1.165, 1.54) is 13.8 Å². The maximum Gasteiger partial charge on any atom is 0.432 e. The average molecular weight is 384 g/mol. The summed E-state index contributed by atoms with van der Waals surface area (Å²) >= 11 is 0. The lowest BCUT2D eigenvalue weighted by Crippen LogP contribution is -2.53. The highest BCUT2D eigenvalue weighted by molar-refractivity contribution is 7.86. The van der Waals surface area contributed by atoms with Crippen LogP contribution < -0.4 is 0 Å². The number of carbonyl (C=O) groups excluding carboxylic acids is 1. The molecule has 0 aliphatic rings. The van der Waals surface area contributed by atoms with Crippen molar-refractivity contribution in [1.29, 1.82) is 0 Å². The summed E-state index contributed by atoms with van der Waals surface area (Å²) in [6, 6.07) is 0. The zero-order chi connectivity index (χ0) is 19.8. The third-order valence-electron chi connectivity index (χ3n) is 3.36. The molecule has 144 valence electrons. The number of esters is 1. The summed E-state index contributed by atoms with van der Waals surface area (Å²) in [7, 11) is -6.45. The van der Waals surface area contributed by atoms with Crippen LogP contribution in [0.4, 0.5) is 22.0 Å². The molecule has 0 aromatic rings. The van der Waals surface area contributed by atoms with Crippen molar-refractivity contribution in [2.45, 2.75) is 65.0 Å². The Morgan fingerprint density at radius 3 is 1.75 bits per heavy atom. The van der Waals surface area contributed by atoms with Crippen molar-refractivity contribution in [3.8, 4) is 0 Å². The Bertz CT molecular complexity index is 564. The molecule has 0 radical (unpaired) electrons. The fourth-order valence-electron chi connectivity index (χ4n) is 2.22. The largest absolute Gasteiger partial charge is 0.444 e. The van der Waals surface area contributed by atoms with Gasteiger partial charge in [-0.25, -0.2) is 0 Å². The zero-order valence-corrected chi connectivity index (χ0v) is 14.7. The monoisotopic (exact) mass is 384 g/mol. The first-order chi connectivity index (χ1) is 10.3. The molecule has 0 aromatic carbocycles. The van der Waals surface area contributed by atoms with Crippen LogP contribution in [0.15, 0.2) is 0 Å². The van der Waals surface area contributed by atoms with Crippen molar-refractivity contribution < 1.29 is 44.5 Å². The van der Waals surface area contributed by atoms with E-state index < -0.39 is 44.5 Å². The Kier molecular flexibility index (Phi) is 6.46. The lowest BCUT2D eigenvalue weighted by molar-refractivity contribution is -0.263. The van der Waals surface area contributed by atoms with Crippen LogP contribution >= 0.6 is 0 Å². The predicted octanol–water partition coefficient (Wildman–Crippen LogP) is 3.79. The van der Waals surface area contributed by atoms with Gasteiger partial charge in [0.05, 0.1) is 5.41 Å². The van der Waals surface area contributed by atoms with Crippen molar-refractivity contribution in [2.75, 3.05) is 0 Å². The van der Waals surface area contributed by atoms with E-state index in [1.54, 1.807) is 20.8 Å². The van der Waals surface area contributed by atoms with E-state index in [0.717, 1.165) is 0 Å². The van der Waals surface area contributed by atoms with Crippen LogP contribution in [0.5, 0.6) is 0 Å². The standard InChI is InChI=1S/C13H21F5O5S/c1-6-11(5,7-10(2,3)4)9(19)23-8(12(14,15)16)13(17,18)24(20,21)22/h8H,6-7H2,1-5H3,(H,20,21,22). The van der Waals surface area contributed by atoms with Gasteiger partial charge in [0.2, 0.25) is 0 Å². The molecule has 0 aliphatic heterocycles. The molecule has 0 rings (SSSR count). The summed E-state index contributed by atoms with van der Waals surface area (Å²) in [5.41, 5.74) is -2.08. The van der Waals surface area contributed by atoms with E-state index in [0.29, 0.717) is 0 Å². The van der Waals surface area contributed by atoms with Crippen LogP contribution in [-0.4, -0.2) is 36.5 Å². The Morgan fingerprint density at radius 1 is 1.08 bits per heavy atom. The van der Waals surface area contributed by atoms with Gasteiger partial charge in [-0.3, -0.25) is 9.35 Å². The first kappa shape index (κ1) is 23.0. The molecule has 0 fully saturated rings. The van der Waals surface area contributed by atoms with E-state index in [2.05, 4.69) is 4.74 Å². The highest BCUT2D eigenvalue weighted by Gasteiger charge is 2.66. The molecular weight excluding hydrogens is 363 g/mol. The van der Waals surface area contributed by atoms with Crippen LogP contribution in [-0.2, 0) is 19.6 Å². The van der Waals surface area contributed by atoms with Crippen LogP contribution in [0.3, 0.4) is 0 Å². The van der Waals surface area contributed by atoms with E-state index in [-0.39, 0.29) is 12.8 Å². The lowest BCUT2D eigenvalue weighted by atomic mass is 9.73. The van der Waals surface area contributed by atoms with Crippen molar-refractivity contribution in [3.63, 3.8) is 0 Å². The highest BCUT2D eigenvalue weighted by Crippen LogP contribution is 2.42. The van der Waals surface area contributed by atoms with E-state index in [1.807, 2.05) is 0 Å². The minimum absolute atomic E-state index is 0.0113. The summed E-state index contributed by atoms with van der Waals surface area (Å²) in [5.74, 6) is -1.62. The van der Waals surface area contributed by atoms with Gasteiger partial charge in [0.1, 0.15) is 0 Å². The van der Waals surface area contributed by atoms with Gasteiger partial charge in [0.15, 0.2) is 0 Å². The maximum absolute atomic E-state index is 13.4. The molecule has 5 nitrogen and oxygen atoms in total. The quantitative estimate of drug-likeness (QED) is 0.428. The van der Waals surface area contributed by atoms with Crippen molar-refractivity contribution >= 4 is 16.1 Å². The number of halogens is 5. The molecule has 0 aromatic heterocycles. The third kappa shape index (κ3) is 5.54. The second-order valence-electron chi connectivity index (χ2n) is 7.02. The van der Waals surface area contributed by atoms with Gasteiger partial charge in [-0.05, 0) is 25.2 Å². The molecule has 0 amide bonds.